The molecule has 1 aromatic heterocycles. The SMILES string of the molecule is COC(=O)c1coc(=O)c2ccc(Br)cc12. The van der Waals surface area contributed by atoms with E-state index in [-0.39, 0.29) is 5.56 Å². The number of carbonyl (C=O) groups is 1. The summed E-state index contributed by atoms with van der Waals surface area (Å²) in [7, 11) is 1.28. The fourth-order valence-corrected chi connectivity index (χ4v) is 1.79. The number of fused-ring (bicyclic) bond motifs is 1. The fourth-order valence-electron chi connectivity index (χ4n) is 1.42. The van der Waals surface area contributed by atoms with Crippen molar-refractivity contribution in [3.8, 4) is 0 Å². The molecule has 0 saturated heterocycles. The van der Waals surface area contributed by atoms with E-state index in [1.165, 1.54) is 7.11 Å². The summed E-state index contributed by atoms with van der Waals surface area (Å²) >= 11 is 3.28. The summed E-state index contributed by atoms with van der Waals surface area (Å²) in [5.41, 5.74) is -0.242. The van der Waals surface area contributed by atoms with Crippen LogP contribution in [-0.4, -0.2) is 13.1 Å². The summed E-state index contributed by atoms with van der Waals surface area (Å²) in [4.78, 5) is 22.9. The van der Waals surface area contributed by atoms with Crippen molar-refractivity contribution in [1.82, 2.24) is 0 Å². The molecule has 2 rings (SSSR count). The van der Waals surface area contributed by atoms with Crippen LogP contribution in [0.15, 0.2) is 38.1 Å². The molecule has 0 atom stereocenters. The fraction of sp³-hybridized carbons (Fsp3) is 0.0909. The molecule has 4 nitrogen and oxygen atoms in total. The molecule has 5 heteroatoms. The molecule has 0 aliphatic rings. The van der Waals surface area contributed by atoms with Crippen molar-refractivity contribution in [3.05, 3.63) is 44.9 Å². The van der Waals surface area contributed by atoms with Crippen LogP contribution >= 0.6 is 15.9 Å². The number of esters is 1. The van der Waals surface area contributed by atoms with Gasteiger partial charge in [0, 0.05) is 9.86 Å². The van der Waals surface area contributed by atoms with Gasteiger partial charge in [0.1, 0.15) is 11.8 Å². The van der Waals surface area contributed by atoms with Gasteiger partial charge in [0.25, 0.3) is 0 Å². The van der Waals surface area contributed by atoms with Gasteiger partial charge in [-0.1, -0.05) is 15.9 Å². The predicted molar refractivity (Wildman–Crippen MR) is 61.5 cm³/mol. The number of benzene rings is 1. The number of ether oxygens (including phenoxy) is 1. The topological polar surface area (TPSA) is 56.5 Å². The van der Waals surface area contributed by atoms with Crippen LogP contribution in [0.25, 0.3) is 10.8 Å². The van der Waals surface area contributed by atoms with Gasteiger partial charge in [-0.15, -0.1) is 0 Å². The van der Waals surface area contributed by atoms with E-state index in [1.54, 1.807) is 18.2 Å². The highest BCUT2D eigenvalue weighted by molar-refractivity contribution is 9.10. The van der Waals surface area contributed by atoms with Crippen molar-refractivity contribution in [2.24, 2.45) is 0 Å². The van der Waals surface area contributed by atoms with Crippen molar-refractivity contribution in [2.75, 3.05) is 7.11 Å². The average Bonchev–Trinajstić information content (AvgIpc) is 2.28. The van der Waals surface area contributed by atoms with Crippen LogP contribution < -0.4 is 5.63 Å². The Balaban J connectivity index is 2.86. The highest BCUT2D eigenvalue weighted by atomic mass is 79.9. The molecule has 16 heavy (non-hydrogen) atoms. The third-order valence-electron chi connectivity index (χ3n) is 2.18. The second-order valence-corrected chi connectivity index (χ2v) is 4.03. The summed E-state index contributed by atoms with van der Waals surface area (Å²) in [6, 6.07) is 4.98. The largest absolute Gasteiger partial charge is 0.465 e. The molecule has 0 aliphatic heterocycles. The number of rotatable bonds is 1. The van der Waals surface area contributed by atoms with Crippen molar-refractivity contribution >= 4 is 32.7 Å². The van der Waals surface area contributed by atoms with Gasteiger partial charge < -0.3 is 9.15 Å². The maximum Gasteiger partial charge on any atom is 0.343 e. The zero-order valence-electron chi connectivity index (χ0n) is 8.32. The zero-order chi connectivity index (χ0) is 11.7. The first kappa shape index (κ1) is 10.9. The molecule has 0 unspecified atom stereocenters. The summed E-state index contributed by atoms with van der Waals surface area (Å²) in [6.45, 7) is 0. The van der Waals surface area contributed by atoms with Crippen LogP contribution in [0, 0.1) is 0 Å². The monoisotopic (exact) mass is 282 g/mol. The third kappa shape index (κ3) is 1.74. The lowest BCUT2D eigenvalue weighted by atomic mass is 10.1. The number of hydrogen-bond donors (Lipinski definition) is 0. The van der Waals surface area contributed by atoms with Crippen LogP contribution in [0.2, 0.25) is 0 Å². The molecular weight excluding hydrogens is 276 g/mol. The molecule has 0 fully saturated rings. The van der Waals surface area contributed by atoms with Crippen LogP contribution in [0.1, 0.15) is 10.4 Å². The average molecular weight is 283 g/mol. The Morgan fingerprint density at radius 3 is 2.81 bits per heavy atom. The van der Waals surface area contributed by atoms with E-state index >= 15 is 0 Å². The first-order valence-corrected chi connectivity index (χ1v) is 5.22. The summed E-state index contributed by atoms with van der Waals surface area (Å²) in [5, 5.41) is 0.864. The van der Waals surface area contributed by atoms with Gasteiger partial charge in [-0.05, 0) is 18.2 Å². The lowest BCUT2D eigenvalue weighted by Crippen LogP contribution is -2.07. The molecule has 0 saturated carbocycles. The molecule has 0 aliphatic carbocycles. The number of methoxy groups -OCH3 is 1. The van der Waals surface area contributed by atoms with Gasteiger partial charge in [0.15, 0.2) is 0 Å². The smallest absolute Gasteiger partial charge is 0.343 e. The lowest BCUT2D eigenvalue weighted by molar-refractivity contribution is 0.0600. The minimum absolute atomic E-state index is 0.235. The molecule has 0 bridgehead atoms. The Morgan fingerprint density at radius 1 is 1.38 bits per heavy atom. The van der Waals surface area contributed by atoms with Gasteiger partial charge >= 0.3 is 11.6 Å². The second kappa shape index (κ2) is 4.09. The molecule has 0 spiro atoms. The molecule has 1 heterocycles. The van der Waals surface area contributed by atoms with Crippen molar-refractivity contribution in [1.29, 1.82) is 0 Å². The van der Waals surface area contributed by atoms with Crippen molar-refractivity contribution in [2.45, 2.75) is 0 Å². The Kier molecular flexibility index (Phi) is 2.78. The van der Waals surface area contributed by atoms with E-state index in [9.17, 15) is 9.59 Å². The Hall–Kier alpha value is -1.62. The Labute approximate surface area is 99.0 Å². The highest BCUT2D eigenvalue weighted by Crippen LogP contribution is 2.21. The molecular formula is C11H7BrO4. The van der Waals surface area contributed by atoms with Crippen LogP contribution in [0.4, 0.5) is 0 Å². The lowest BCUT2D eigenvalue weighted by Gasteiger charge is -2.03. The minimum Gasteiger partial charge on any atom is -0.465 e. The summed E-state index contributed by atoms with van der Waals surface area (Å²) in [5.74, 6) is -0.535. The van der Waals surface area contributed by atoms with Gasteiger partial charge in [0.2, 0.25) is 0 Å². The van der Waals surface area contributed by atoms with Crippen molar-refractivity contribution < 1.29 is 13.9 Å². The predicted octanol–water partition coefficient (Wildman–Crippen LogP) is 2.34. The first-order chi connectivity index (χ1) is 7.63. The number of carbonyl (C=O) groups excluding carboxylic acids is 1. The highest BCUT2D eigenvalue weighted by Gasteiger charge is 2.13. The Bertz CT molecular complexity index is 615. The van der Waals surface area contributed by atoms with E-state index in [1.807, 2.05) is 0 Å². The van der Waals surface area contributed by atoms with E-state index < -0.39 is 11.6 Å². The van der Waals surface area contributed by atoms with Gasteiger partial charge in [0.05, 0.1) is 12.5 Å². The quantitative estimate of drug-likeness (QED) is 0.754. The normalized spacial score (nSPS) is 10.4. The maximum absolute atomic E-state index is 11.5. The molecule has 0 radical (unpaired) electrons. The van der Waals surface area contributed by atoms with E-state index in [0.29, 0.717) is 10.8 Å². The van der Waals surface area contributed by atoms with Gasteiger partial charge in [-0.3, -0.25) is 0 Å². The standard InChI is InChI=1S/C11H7BrO4/c1-15-10(13)9-5-16-11(14)7-3-2-6(12)4-8(7)9/h2-5H,1H3. The number of halogens is 1. The van der Waals surface area contributed by atoms with Gasteiger partial charge in [-0.2, -0.15) is 0 Å². The van der Waals surface area contributed by atoms with E-state index in [4.69, 9.17) is 4.42 Å². The third-order valence-corrected chi connectivity index (χ3v) is 2.67. The first-order valence-electron chi connectivity index (χ1n) is 4.43. The molecule has 0 amide bonds. The van der Waals surface area contributed by atoms with Crippen molar-refractivity contribution in [3.63, 3.8) is 0 Å². The molecule has 0 N–H and O–H groups in total. The van der Waals surface area contributed by atoms with E-state index in [0.717, 1.165) is 10.7 Å². The van der Waals surface area contributed by atoms with Gasteiger partial charge in [-0.25, -0.2) is 9.59 Å². The second-order valence-electron chi connectivity index (χ2n) is 3.12. The molecule has 1 aromatic carbocycles. The summed E-state index contributed by atoms with van der Waals surface area (Å²) < 4.78 is 10.1. The maximum atomic E-state index is 11.5. The van der Waals surface area contributed by atoms with Crippen LogP contribution in [0.5, 0.6) is 0 Å². The number of hydrogen-bond acceptors (Lipinski definition) is 4. The molecule has 82 valence electrons. The zero-order valence-corrected chi connectivity index (χ0v) is 9.91. The minimum atomic E-state index is -0.535. The molecule has 2 aromatic rings. The van der Waals surface area contributed by atoms with E-state index in [2.05, 4.69) is 20.7 Å². The van der Waals surface area contributed by atoms with Crippen LogP contribution in [-0.2, 0) is 4.74 Å². The van der Waals surface area contributed by atoms with Crippen LogP contribution in [0.3, 0.4) is 0 Å². The Morgan fingerprint density at radius 2 is 2.12 bits per heavy atom. The summed E-state index contributed by atoms with van der Waals surface area (Å²) in [6.07, 6.45) is 1.11.